The van der Waals surface area contributed by atoms with E-state index in [0.717, 1.165) is 75.3 Å². The number of ether oxygens (including phenoxy) is 2. The van der Waals surface area contributed by atoms with Gasteiger partial charge in [0.1, 0.15) is 6.61 Å². The monoisotopic (exact) mass is 691 g/mol. The van der Waals surface area contributed by atoms with Crippen molar-refractivity contribution in [2.24, 2.45) is 61.8 Å². The topological polar surface area (TPSA) is 135 Å². The van der Waals surface area contributed by atoms with Crippen LogP contribution in [0.2, 0.25) is 0 Å². The average molecular weight is 692 g/mol. The summed E-state index contributed by atoms with van der Waals surface area (Å²) in [4.78, 5) is 41.1. The largest absolute Gasteiger partial charge is 0.465 e. The van der Waals surface area contributed by atoms with Crippen LogP contribution in [0.25, 0.3) is 0 Å². The van der Waals surface area contributed by atoms with E-state index >= 15 is 0 Å². The van der Waals surface area contributed by atoms with Crippen LogP contribution in [-0.2, 0) is 43.0 Å². The van der Waals surface area contributed by atoms with Gasteiger partial charge >= 0.3 is 17.9 Å². The third kappa shape index (κ3) is 6.17. The number of nitrogens with zero attached hydrogens (tertiary/aromatic N) is 1. The van der Waals surface area contributed by atoms with Crippen LogP contribution < -0.4 is 0 Å². The summed E-state index contributed by atoms with van der Waals surface area (Å²) in [6.07, 6.45) is 10.4. The van der Waals surface area contributed by atoms with Crippen LogP contribution in [0, 0.1) is 56.7 Å². The maximum absolute atomic E-state index is 12.1. The summed E-state index contributed by atoms with van der Waals surface area (Å²) in [6, 6.07) is 0. The normalized spacial score (nSPS) is 42.8. The summed E-state index contributed by atoms with van der Waals surface area (Å²) in [5, 5.41) is 4.35. The molecule has 0 unspecified atom stereocenters. The van der Waals surface area contributed by atoms with Crippen LogP contribution in [-0.4, -0.2) is 58.1 Å². The number of carbonyl (C=O) groups is 3. The van der Waals surface area contributed by atoms with Crippen molar-refractivity contribution in [3.8, 4) is 0 Å². The van der Waals surface area contributed by atoms with Gasteiger partial charge in [0.15, 0.2) is 0 Å². The molecule has 0 aromatic rings. The van der Waals surface area contributed by atoms with Gasteiger partial charge in [-0.05, 0) is 116 Å². The number of carbonyl (C=O) groups excluding carboxylic acids is 3. The van der Waals surface area contributed by atoms with Gasteiger partial charge in [-0.15, -0.1) is 0 Å². The third-order valence-electron chi connectivity index (χ3n) is 14.6. The molecule has 11 heteroatoms. The second-order valence-electron chi connectivity index (χ2n) is 16.9. The molecular weight excluding hydrogens is 634 g/mol. The van der Waals surface area contributed by atoms with Gasteiger partial charge in [0.2, 0.25) is 0 Å². The molecule has 5 aliphatic rings. The highest BCUT2D eigenvalue weighted by Gasteiger charge is 2.71. The van der Waals surface area contributed by atoms with Crippen molar-refractivity contribution in [3.05, 3.63) is 12.2 Å². The summed E-state index contributed by atoms with van der Waals surface area (Å²) < 4.78 is 40.6. The molecule has 10 nitrogen and oxygen atoms in total. The van der Waals surface area contributed by atoms with Gasteiger partial charge in [0, 0.05) is 31.6 Å². The zero-order valence-electron chi connectivity index (χ0n) is 30.3. The molecule has 0 bridgehead atoms. The highest BCUT2D eigenvalue weighted by molar-refractivity contribution is 7.86. The Balaban J connectivity index is 1.51. The number of oxime groups is 1. The quantitative estimate of drug-likeness (QED) is 0.0859. The van der Waals surface area contributed by atoms with Crippen LogP contribution in [0.4, 0.5) is 0 Å². The molecule has 0 radical (unpaired) electrons. The Kier molecular flexibility index (Phi) is 9.87. The first kappa shape index (κ1) is 37.0. The summed E-state index contributed by atoms with van der Waals surface area (Å²) >= 11 is 0. The second-order valence-corrected chi connectivity index (χ2v) is 18.6. The molecule has 5 aliphatic carbocycles. The minimum atomic E-state index is -3.62. The molecule has 5 rings (SSSR count). The first-order valence-electron chi connectivity index (χ1n) is 17.8. The molecule has 10 atom stereocenters. The summed E-state index contributed by atoms with van der Waals surface area (Å²) in [5.41, 5.74) is 0.824. The Morgan fingerprint density at radius 3 is 2.10 bits per heavy atom. The highest BCUT2D eigenvalue weighted by Crippen LogP contribution is 2.77. The lowest BCUT2D eigenvalue weighted by Crippen LogP contribution is -2.67. The van der Waals surface area contributed by atoms with Gasteiger partial charge in [-0.1, -0.05) is 39.4 Å². The van der Waals surface area contributed by atoms with Gasteiger partial charge in [-0.25, -0.2) is 4.79 Å². The predicted octanol–water partition coefficient (Wildman–Crippen LogP) is 6.63. The molecule has 0 saturated heterocycles. The molecule has 0 heterocycles. The molecule has 0 aliphatic heterocycles. The van der Waals surface area contributed by atoms with Crippen LogP contribution in [0.5, 0.6) is 0 Å². The van der Waals surface area contributed by atoms with Crippen molar-refractivity contribution in [1.82, 2.24) is 0 Å². The van der Waals surface area contributed by atoms with E-state index in [0.29, 0.717) is 24.9 Å². The second kappa shape index (κ2) is 12.8. The molecule has 270 valence electrons. The Morgan fingerprint density at radius 1 is 0.812 bits per heavy atom. The standard InChI is InChI=1S/C37H57NO9S/c1-23(20-46-48(9,42)43)27-12-17-37(22-45-25(3)40)19-18-35(7)28(32(27)37)10-11-30-33(5)15-14-31(38-47-26(4)41)34(6,21-44-24(2)39)29(33)13-16-36(30,35)8/h27-30,32H,1,10-22H2,2-9H3/t27-,28+,29+,30+,32+,33-,34-,35+,36+,37+/m0/s1. The van der Waals surface area contributed by atoms with Crippen molar-refractivity contribution in [1.29, 1.82) is 0 Å². The van der Waals surface area contributed by atoms with Gasteiger partial charge in [-0.2, -0.15) is 8.42 Å². The van der Waals surface area contributed by atoms with E-state index < -0.39 is 21.5 Å². The molecule has 0 N–H and O–H groups in total. The van der Waals surface area contributed by atoms with Crippen molar-refractivity contribution in [3.63, 3.8) is 0 Å². The lowest BCUT2D eigenvalue weighted by molar-refractivity contribution is -0.234. The zero-order valence-corrected chi connectivity index (χ0v) is 31.1. The molecule has 5 saturated carbocycles. The number of fused-ring (bicyclic) bond motifs is 7. The fourth-order valence-corrected chi connectivity index (χ4v) is 12.7. The number of hydrogen-bond acceptors (Lipinski definition) is 10. The van der Waals surface area contributed by atoms with Crippen molar-refractivity contribution in [2.45, 2.75) is 113 Å². The number of rotatable bonds is 9. The van der Waals surface area contributed by atoms with E-state index in [1.54, 1.807) is 0 Å². The van der Waals surface area contributed by atoms with E-state index in [2.05, 4.69) is 39.4 Å². The minimum absolute atomic E-state index is 0.00671. The first-order chi connectivity index (χ1) is 22.2. The van der Waals surface area contributed by atoms with Crippen molar-refractivity contribution in [2.75, 3.05) is 26.1 Å². The van der Waals surface area contributed by atoms with Gasteiger partial charge < -0.3 is 14.3 Å². The van der Waals surface area contributed by atoms with Gasteiger partial charge in [-0.3, -0.25) is 13.8 Å². The Hall–Kier alpha value is -2.27. The molecular formula is C37H57NO9S. The van der Waals surface area contributed by atoms with E-state index in [1.807, 2.05) is 0 Å². The predicted molar refractivity (Wildman–Crippen MR) is 181 cm³/mol. The Bertz CT molecular complexity index is 1470. The Labute approximate surface area is 287 Å². The first-order valence-corrected chi connectivity index (χ1v) is 19.6. The highest BCUT2D eigenvalue weighted by atomic mass is 32.2. The molecule has 48 heavy (non-hydrogen) atoms. The zero-order chi connectivity index (χ0) is 35.5. The van der Waals surface area contributed by atoms with Gasteiger partial charge in [0.05, 0.1) is 25.2 Å². The summed E-state index contributed by atoms with van der Waals surface area (Å²) in [7, 11) is -3.62. The summed E-state index contributed by atoms with van der Waals surface area (Å²) in [5.74, 6) is 0.163. The molecule has 0 aromatic carbocycles. The van der Waals surface area contributed by atoms with Crippen LogP contribution in [0.15, 0.2) is 17.3 Å². The van der Waals surface area contributed by atoms with E-state index in [9.17, 15) is 22.8 Å². The molecule has 0 spiro atoms. The third-order valence-corrected chi connectivity index (χ3v) is 15.2. The summed E-state index contributed by atoms with van der Waals surface area (Å²) in [6.45, 7) is 18.8. The maximum Gasteiger partial charge on any atom is 0.331 e. The van der Waals surface area contributed by atoms with Crippen molar-refractivity contribution < 1.29 is 41.3 Å². The minimum Gasteiger partial charge on any atom is -0.465 e. The Morgan fingerprint density at radius 2 is 1.48 bits per heavy atom. The van der Waals surface area contributed by atoms with E-state index in [4.69, 9.17) is 18.5 Å². The van der Waals surface area contributed by atoms with E-state index in [-0.39, 0.29) is 64.6 Å². The van der Waals surface area contributed by atoms with E-state index in [1.165, 1.54) is 20.8 Å². The number of esters is 2. The van der Waals surface area contributed by atoms with Crippen LogP contribution >= 0.6 is 0 Å². The van der Waals surface area contributed by atoms with Crippen LogP contribution in [0.1, 0.15) is 113 Å². The molecule has 5 fully saturated rings. The van der Waals surface area contributed by atoms with Crippen LogP contribution in [0.3, 0.4) is 0 Å². The average Bonchev–Trinajstić information content (AvgIpc) is 3.37. The number of hydrogen-bond donors (Lipinski definition) is 0. The smallest absolute Gasteiger partial charge is 0.331 e. The lowest BCUT2D eigenvalue weighted by Gasteiger charge is -2.72. The van der Waals surface area contributed by atoms with Gasteiger partial charge in [0.25, 0.3) is 10.1 Å². The fourth-order valence-electron chi connectivity index (χ4n) is 12.3. The molecule has 0 amide bonds. The maximum atomic E-state index is 12.1. The molecule has 0 aromatic heterocycles. The SMILES string of the molecule is C=C(COS(C)(=O)=O)[C@@H]1CC[C@]2(COC(C)=O)CC[C@]3(C)[C@H](CC[C@@H]4[C@@]5(C)CCC(=NOC(C)=O)[C@@](C)(COC(C)=O)[C@@H]5CC[C@]43C)[C@@H]12. The lowest BCUT2D eigenvalue weighted by atomic mass is 9.32. The van der Waals surface area contributed by atoms with Crippen molar-refractivity contribution >= 4 is 33.7 Å². The fraction of sp³-hybridized carbons (Fsp3) is 0.838.